The average Bonchev–Trinajstić information content (AvgIpc) is 2.82. The molecule has 0 aliphatic carbocycles. The number of fused-ring (bicyclic) bond motifs is 1. The van der Waals surface area contributed by atoms with Crippen molar-refractivity contribution in [1.29, 1.82) is 0 Å². The summed E-state index contributed by atoms with van der Waals surface area (Å²) in [6, 6.07) is 12.3. The molecule has 2 aromatic carbocycles. The summed E-state index contributed by atoms with van der Waals surface area (Å²) in [5.74, 6) is 0.633. The highest BCUT2D eigenvalue weighted by molar-refractivity contribution is 7.89. The van der Waals surface area contributed by atoms with Crippen molar-refractivity contribution in [3.63, 3.8) is 0 Å². The van der Waals surface area contributed by atoms with Crippen LogP contribution in [0.15, 0.2) is 53.4 Å². The van der Waals surface area contributed by atoms with Crippen molar-refractivity contribution in [3.8, 4) is 11.5 Å². The topological polar surface area (TPSA) is 96.4 Å². The summed E-state index contributed by atoms with van der Waals surface area (Å²) in [6.07, 6.45) is 3.02. The molecule has 4 rings (SSSR count). The number of ketones is 1. The number of hydrogen-bond acceptors (Lipinski definition) is 7. The van der Waals surface area contributed by atoms with Gasteiger partial charge in [-0.25, -0.2) is 8.42 Å². The van der Waals surface area contributed by atoms with Crippen LogP contribution in [0.1, 0.15) is 5.56 Å². The summed E-state index contributed by atoms with van der Waals surface area (Å²) in [5.41, 5.74) is 1.76. The van der Waals surface area contributed by atoms with Gasteiger partial charge in [-0.2, -0.15) is 4.31 Å². The molecule has 1 saturated heterocycles. The van der Waals surface area contributed by atoms with E-state index in [0.29, 0.717) is 50.9 Å². The second-order valence-electron chi connectivity index (χ2n) is 7.21. The number of rotatable bonds is 6. The van der Waals surface area contributed by atoms with Crippen LogP contribution in [0.4, 0.5) is 5.69 Å². The SMILES string of the molecule is O=C(/C=C/c1ccccc1N1CCN(S(=O)(=O)c2ccc3c(c2)OCCO3)CC1)CO. The molecule has 8 nitrogen and oxygen atoms in total. The van der Waals surface area contributed by atoms with Gasteiger partial charge in [0.2, 0.25) is 10.0 Å². The normalized spacial score (nSPS) is 17.1. The van der Waals surface area contributed by atoms with Crippen molar-refractivity contribution in [2.75, 3.05) is 50.9 Å². The first-order valence-electron chi connectivity index (χ1n) is 10.0. The molecule has 31 heavy (non-hydrogen) atoms. The number of aliphatic hydroxyl groups is 1. The van der Waals surface area contributed by atoms with E-state index < -0.39 is 16.6 Å². The second-order valence-corrected chi connectivity index (χ2v) is 9.15. The number of anilines is 1. The lowest BCUT2D eigenvalue weighted by atomic mass is 10.1. The number of carbonyl (C=O) groups is 1. The van der Waals surface area contributed by atoms with Crippen LogP contribution in [0.3, 0.4) is 0 Å². The van der Waals surface area contributed by atoms with Gasteiger partial charge in [-0.15, -0.1) is 0 Å². The molecule has 0 bridgehead atoms. The van der Waals surface area contributed by atoms with E-state index in [2.05, 4.69) is 4.90 Å². The Labute approximate surface area is 181 Å². The number of benzene rings is 2. The first kappa shape index (κ1) is 21.4. The Morgan fingerprint density at radius 1 is 1.00 bits per heavy atom. The van der Waals surface area contributed by atoms with E-state index in [1.165, 1.54) is 16.4 Å². The van der Waals surface area contributed by atoms with Crippen LogP contribution in [0.5, 0.6) is 11.5 Å². The van der Waals surface area contributed by atoms with E-state index in [1.807, 2.05) is 24.3 Å². The maximum atomic E-state index is 13.1. The van der Waals surface area contributed by atoms with Gasteiger partial charge in [0, 0.05) is 37.9 Å². The quantitative estimate of drug-likeness (QED) is 0.675. The lowest BCUT2D eigenvalue weighted by molar-refractivity contribution is -0.117. The van der Waals surface area contributed by atoms with E-state index in [1.54, 1.807) is 18.2 Å². The maximum Gasteiger partial charge on any atom is 0.243 e. The van der Waals surface area contributed by atoms with Gasteiger partial charge >= 0.3 is 0 Å². The van der Waals surface area contributed by atoms with E-state index in [4.69, 9.17) is 14.6 Å². The molecule has 2 heterocycles. The van der Waals surface area contributed by atoms with Crippen LogP contribution in [-0.4, -0.2) is 69.6 Å². The van der Waals surface area contributed by atoms with Crippen LogP contribution >= 0.6 is 0 Å². The van der Waals surface area contributed by atoms with Gasteiger partial charge in [-0.05, 0) is 35.9 Å². The van der Waals surface area contributed by atoms with Gasteiger partial charge in [0.15, 0.2) is 17.3 Å². The fourth-order valence-corrected chi connectivity index (χ4v) is 5.09. The Morgan fingerprint density at radius 2 is 1.71 bits per heavy atom. The van der Waals surface area contributed by atoms with E-state index in [-0.39, 0.29) is 10.7 Å². The monoisotopic (exact) mass is 444 g/mol. The van der Waals surface area contributed by atoms with Gasteiger partial charge < -0.3 is 19.5 Å². The predicted octanol–water partition coefficient (Wildman–Crippen LogP) is 1.54. The van der Waals surface area contributed by atoms with Crippen LogP contribution < -0.4 is 14.4 Å². The van der Waals surface area contributed by atoms with Gasteiger partial charge in [0.1, 0.15) is 19.8 Å². The number of hydrogen-bond donors (Lipinski definition) is 1. The average molecular weight is 445 g/mol. The number of para-hydroxylation sites is 1. The lowest BCUT2D eigenvalue weighted by Gasteiger charge is -2.36. The molecule has 0 amide bonds. The molecule has 0 radical (unpaired) electrons. The minimum Gasteiger partial charge on any atom is -0.486 e. The van der Waals surface area contributed by atoms with Gasteiger partial charge in [0.05, 0.1) is 4.90 Å². The first-order valence-corrected chi connectivity index (χ1v) is 11.5. The molecule has 2 aliphatic heterocycles. The smallest absolute Gasteiger partial charge is 0.243 e. The minimum absolute atomic E-state index is 0.191. The fourth-order valence-electron chi connectivity index (χ4n) is 3.65. The summed E-state index contributed by atoms with van der Waals surface area (Å²) < 4.78 is 38.7. The molecule has 1 fully saturated rings. The third kappa shape index (κ3) is 4.58. The summed E-state index contributed by atoms with van der Waals surface area (Å²) >= 11 is 0. The molecule has 0 saturated carbocycles. The largest absolute Gasteiger partial charge is 0.486 e. The number of nitrogens with zero attached hydrogens (tertiary/aromatic N) is 2. The maximum absolute atomic E-state index is 13.1. The highest BCUT2D eigenvalue weighted by Gasteiger charge is 2.30. The van der Waals surface area contributed by atoms with E-state index >= 15 is 0 Å². The minimum atomic E-state index is -3.65. The third-order valence-electron chi connectivity index (χ3n) is 5.27. The van der Waals surface area contributed by atoms with Crippen molar-refractivity contribution in [2.24, 2.45) is 0 Å². The van der Waals surface area contributed by atoms with Crippen LogP contribution in [0, 0.1) is 0 Å². The van der Waals surface area contributed by atoms with Gasteiger partial charge in [0.25, 0.3) is 0 Å². The Bertz CT molecular complexity index is 1090. The molecule has 0 spiro atoms. The summed E-state index contributed by atoms with van der Waals surface area (Å²) in [4.78, 5) is 13.7. The van der Waals surface area contributed by atoms with Crippen molar-refractivity contribution in [2.45, 2.75) is 4.90 Å². The van der Waals surface area contributed by atoms with E-state index in [9.17, 15) is 13.2 Å². The first-order chi connectivity index (χ1) is 15.0. The van der Waals surface area contributed by atoms with Crippen molar-refractivity contribution >= 4 is 27.6 Å². The fraction of sp³-hybridized carbons (Fsp3) is 0.318. The third-order valence-corrected chi connectivity index (χ3v) is 7.17. The van der Waals surface area contributed by atoms with Crippen LogP contribution in [-0.2, 0) is 14.8 Å². The summed E-state index contributed by atoms with van der Waals surface area (Å²) in [6.45, 7) is 2.02. The molecular weight excluding hydrogens is 420 g/mol. The summed E-state index contributed by atoms with van der Waals surface area (Å²) in [5, 5.41) is 8.91. The molecule has 0 unspecified atom stereocenters. The van der Waals surface area contributed by atoms with Crippen LogP contribution in [0.2, 0.25) is 0 Å². The highest BCUT2D eigenvalue weighted by Crippen LogP contribution is 2.33. The molecule has 2 aromatic rings. The number of carbonyl (C=O) groups excluding carboxylic acids is 1. The summed E-state index contributed by atoms with van der Waals surface area (Å²) in [7, 11) is -3.65. The lowest BCUT2D eigenvalue weighted by Crippen LogP contribution is -2.48. The predicted molar refractivity (Wildman–Crippen MR) is 116 cm³/mol. The van der Waals surface area contributed by atoms with Gasteiger partial charge in [-0.3, -0.25) is 4.79 Å². The molecular formula is C22H24N2O6S. The van der Waals surface area contributed by atoms with Crippen LogP contribution in [0.25, 0.3) is 6.08 Å². The Balaban J connectivity index is 1.48. The zero-order valence-corrected chi connectivity index (χ0v) is 17.8. The van der Waals surface area contributed by atoms with Crippen molar-refractivity contribution < 1.29 is 27.8 Å². The van der Waals surface area contributed by atoms with E-state index in [0.717, 1.165) is 11.3 Å². The Kier molecular flexibility index (Phi) is 6.26. The second kappa shape index (κ2) is 9.09. The number of piperazine rings is 1. The molecule has 0 atom stereocenters. The Morgan fingerprint density at radius 3 is 2.45 bits per heavy atom. The standard InChI is InChI=1S/C22H24N2O6S/c25-16-18(26)6-5-17-3-1-2-4-20(17)23-9-11-24(12-10-23)31(27,28)19-7-8-21-22(15-19)30-14-13-29-21/h1-8,15,25H,9-14,16H2/b6-5+. The molecule has 2 aliphatic rings. The molecule has 0 aromatic heterocycles. The highest BCUT2D eigenvalue weighted by atomic mass is 32.2. The number of sulfonamides is 1. The Hall–Kier alpha value is -2.88. The van der Waals surface area contributed by atoms with Crippen molar-refractivity contribution in [3.05, 3.63) is 54.1 Å². The zero-order valence-electron chi connectivity index (χ0n) is 16.9. The molecule has 9 heteroatoms. The number of aliphatic hydroxyl groups excluding tert-OH is 1. The van der Waals surface area contributed by atoms with Crippen molar-refractivity contribution in [1.82, 2.24) is 4.31 Å². The zero-order chi connectivity index (χ0) is 21.8. The molecule has 164 valence electrons. The molecule has 1 N–H and O–H groups in total. The van der Waals surface area contributed by atoms with Gasteiger partial charge in [-0.1, -0.05) is 18.2 Å². The number of ether oxygens (including phenoxy) is 2.